The lowest BCUT2D eigenvalue weighted by Gasteiger charge is -2.11. The number of Topliss-reactive ketones (excluding diaryl/α,β-unsaturated/α-hetero) is 1. The van der Waals surface area contributed by atoms with E-state index in [1.54, 1.807) is 11.8 Å². The van der Waals surface area contributed by atoms with Crippen molar-refractivity contribution in [3.8, 4) is 0 Å². The van der Waals surface area contributed by atoms with Gasteiger partial charge in [0.15, 0.2) is 5.78 Å². The highest BCUT2D eigenvalue weighted by Crippen LogP contribution is 2.19. The summed E-state index contributed by atoms with van der Waals surface area (Å²) in [5, 5.41) is 8.94. The van der Waals surface area contributed by atoms with E-state index in [9.17, 15) is 4.79 Å². The van der Waals surface area contributed by atoms with Crippen LogP contribution < -0.4 is 0 Å². The summed E-state index contributed by atoms with van der Waals surface area (Å²) in [6.45, 7) is 8.21. The summed E-state index contributed by atoms with van der Waals surface area (Å²) in [4.78, 5) is 12.2. The maximum Gasteiger partial charge on any atom is 0.173 e. The van der Waals surface area contributed by atoms with Crippen molar-refractivity contribution >= 4 is 17.5 Å². The van der Waals surface area contributed by atoms with E-state index in [2.05, 4.69) is 12.1 Å². The molecule has 0 aromatic heterocycles. The molecule has 0 radical (unpaired) electrons. The van der Waals surface area contributed by atoms with Crippen molar-refractivity contribution in [3.63, 3.8) is 0 Å². The number of aliphatic hydroxyl groups excluding tert-OH is 1. The molecule has 0 aliphatic heterocycles. The van der Waals surface area contributed by atoms with Gasteiger partial charge in [-0.15, -0.1) is 0 Å². The molecule has 0 amide bonds. The van der Waals surface area contributed by atoms with Gasteiger partial charge >= 0.3 is 0 Å². The van der Waals surface area contributed by atoms with Crippen molar-refractivity contribution in [2.45, 2.75) is 27.7 Å². The third-order valence-corrected chi connectivity index (χ3v) is 4.17. The maximum atomic E-state index is 12.2. The molecule has 2 nitrogen and oxygen atoms in total. The Labute approximate surface area is 114 Å². The van der Waals surface area contributed by atoms with E-state index < -0.39 is 0 Å². The maximum absolute atomic E-state index is 12.2. The zero-order valence-corrected chi connectivity index (χ0v) is 12.4. The van der Waals surface area contributed by atoms with Crippen LogP contribution in [0.2, 0.25) is 0 Å². The van der Waals surface area contributed by atoms with Gasteiger partial charge < -0.3 is 5.11 Å². The second-order valence-corrected chi connectivity index (χ2v) is 6.03. The van der Waals surface area contributed by atoms with Crippen molar-refractivity contribution in [1.82, 2.24) is 0 Å². The van der Waals surface area contributed by atoms with E-state index in [4.69, 9.17) is 5.11 Å². The summed E-state index contributed by atoms with van der Waals surface area (Å²) in [6.07, 6.45) is 0. The van der Waals surface area contributed by atoms with Crippen molar-refractivity contribution in [1.29, 1.82) is 0 Å². The quantitative estimate of drug-likeness (QED) is 0.804. The molecule has 0 spiro atoms. The third-order valence-electron chi connectivity index (χ3n) is 2.90. The molecular formula is C15H22O2S. The summed E-state index contributed by atoms with van der Waals surface area (Å²) in [5.41, 5.74) is 4.19. The van der Waals surface area contributed by atoms with Gasteiger partial charge in [0.25, 0.3) is 0 Å². The second kappa shape index (κ2) is 6.95. The van der Waals surface area contributed by atoms with Crippen molar-refractivity contribution in [2.24, 2.45) is 5.92 Å². The Balaban J connectivity index is 2.67. The molecule has 1 aromatic rings. The molecule has 1 unspecified atom stereocenters. The zero-order chi connectivity index (χ0) is 13.7. The highest BCUT2D eigenvalue weighted by Gasteiger charge is 2.13. The highest BCUT2D eigenvalue weighted by atomic mass is 32.2. The number of thioether (sulfide) groups is 1. The molecule has 100 valence electrons. The molecule has 0 fully saturated rings. The topological polar surface area (TPSA) is 37.3 Å². The van der Waals surface area contributed by atoms with Crippen LogP contribution in [0.15, 0.2) is 12.1 Å². The zero-order valence-electron chi connectivity index (χ0n) is 11.6. The van der Waals surface area contributed by atoms with Gasteiger partial charge in [-0.3, -0.25) is 4.79 Å². The smallest absolute Gasteiger partial charge is 0.173 e. The number of carbonyl (C=O) groups excluding carboxylic acids is 1. The van der Waals surface area contributed by atoms with Crippen LogP contribution in [0.4, 0.5) is 0 Å². The van der Waals surface area contributed by atoms with Crippen LogP contribution in [0.25, 0.3) is 0 Å². The molecule has 1 aromatic carbocycles. The van der Waals surface area contributed by atoms with E-state index in [1.165, 1.54) is 5.56 Å². The van der Waals surface area contributed by atoms with Crippen LogP contribution in [0.5, 0.6) is 0 Å². The minimum absolute atomic E-state index is 0.184. The fourth-order valence-corrected chi connectivity index (χ4v) is 3.05. The summed E-state index contributed by atoms with van der Waals surface area (Å²) < 4.78 is 0. The Kier molecular flexibility index (Phi) is 5.89. The van der Waals surface area contributed by atoms with Crippen LogP contribution in [0, 0.1) is 26.7 Å². The first-order valence-electron chi connectivity index (χ1n) is 6.25. The van der Waals surface area contributed by atoms with Gasteiger partial charge in [0, 0.05) is 12.2 Å². The lowest BCUT2D eigenvalue weighted by Crippen LogP contribution is -2.10. The average Bonchev–Trinajstić information content (AvgIpc) is 2.27. The normalized spacial score (nSPS) is 12.5. The van der Waals surface area contributed by atoms with Gasteiger partial charge in [-0.2, -0.15) is 11.8 Å². The van der Waals surface area contributed by atoms with Crippen molar-refractivity contribution in [3.05, 3.63) is 34.4 Å². The predicted molar refractivity (Wildman–Crippen MR) is 78.6 cm³/mol. The molecule has 0 saturated heterocycles. The van der Waals surface area contributed by atoms with Crippen LogP contribution in [-0.2, 0) is 0 Å². The van der Waals surface area contributed by atoms with E-state index in [0.29, 0.717) is 5.75 Å². The summed E-state index contributed by atoms with van der Waals surface area (Å²) in [7, 11) is 0. The SMILES string of the molecule is Cc1cc(C)c(C(=O)CSCC(C)CO)c(C)c1. The molecular weight excluding hydrogens is 244 g/mol. The van der Waals surface area contributed by atoms with Gasteiger partial charge in [-0.25, -0.2) is 0 Å². The summed E-state index contributed by atoms with van der Waals surface area (Å²) in [6, 6.07) is 4.11. The Morgan fingerprint density at radius 2 is 1.83 bits per heavy atom. The number of benzene rings is 1. The third kappa shape index (κ3) is 4.14. The number of aliphatic hydroxyl groups is 1. The Hall–Kier alpha value is -0.800. The minimum Gasteiger partial charge on any atom is -0.396 e. The monoisotopic (exact) mass is 266 g/mol. The van der Waals surface area contributed by atoms with E-state index in [0.717, 1.165) is 22.4 Å². The van der Waals surface area contributed by atoms with E-state index >= 15 is 0 Å². The first-order chi connectivity index (χ1) is 8.45. The fourth-order valence-electron chi connectivity index (χ4n) is 2.10. The lowest BCUT2D eigenvalue weighted by molar-refractivity contribution is 0.102. The Morgan fingerprint density at radius 1 is 1.28 bits per heavy atom. The fraction of sp³-hybridized carbons (Fsp3) is 0.533. The van der Waals surface area contributed by atoms with Gasteiger partial charge in [0.05, 0.1) is 5.75 Å². The van der Waals surface area contributed by atoms with Gasteiger partial charge in [-0.05, 0) is 43.6 Å². The number of aryl methyl sites for hydroxylation is 3. The van der Waals surface area contributed by atoms with E-state index in [-0.39, 0.29) is 18.3 Å². The van der Waals surface area contributed by atoms with Crippen LogP contribution in [0.3, 0.4) is 0 Å². The first kappa shape index (κ1) is 15.3. The molecule has 0 aliphatic carbocycles. The second-order valence-electron chi connectivity index (χ2n) is 5.00. The average molecular weight is 266 g/mol. The molecule has 0 bridgehead atoms. The molecule has 0 aliphatic rings. The Bertz CT molecular complexity index is 403. The predicted octanol–water partition coefficient (Wildman–Crippen LogP) is 3.16. The number of carbonyl (C=O) groups is 1. The van der Waals surface area contributed by atoms with Crippen LogP contribution in [-0.4, -0.2) is 29.0 Å². The number of rotatable bonds is 6. The van der Waals surface area contributed by atoms with E-state index in [1.807, 2.05) is 27.7 Å². The molecule has 1 N–H and O–H groups in total. The van der Waals surface area contributed by atoms with Gasteiger partial charge in [-0.1, -0.05) is 24.6 Å². The summed E-state index contributed by atoms with van der Waals surface area (Å²) >= 11 is 1.60. The molecule has 1 rings (SSSR count). The molecule has 0 heterocycles. The van der Waals surface area contributed by atoms with Crippen LogP contribution >= 0.6 is 11.8 Å². The van der Waals surface area contributed by atoms with Crippen molar-refractivity contribution in [2.75, 3.05) is 18.1 Å². The molecule has 3 heteroatoms. The van der Waals surface area contributed by atoms with Gasteiger partial charge in [0.2, 0.25) is 0 Å². The number of hydrogen-bond donors (Lipinski definition) is 1. The highest BCUT2D eigenvalue weighted by molar-refractivity contribution is 7.99. The largest absolute Gasteiger partial charge is 0.396 e. The van der Waals surface area contributed by atoms with Gasteiger partial charge in [0.1, 0.15) is 0 Å². The van der Waals surface area contributed by atoms with Crippen LogP contribution in [0.1, 0.15) is 34.0 Å². The summed E-state index contributed by atoms with van der Waals surface area (Å²) in [5.74, 6) is 1.77. The number of hydrogen-bond acceptors (Lipinski definition) is 3. The molecule has 18 heavy (non-hydrogen) atoms. The Morgan fingerprint density at radius 3 is 2.33 bits per heavy atom. The molecule has 0 saturated carbocycles. The standard InChI is InChI=1S/C15H22O2S/c1-10-5-12(3)15(13(4)6-10)14(17)9-18-8-11(2)7-16/h5-6,11,16H,7-9H2,1-4H3. The van der Waals surface area contributed by atoms with Crippen molar-refractivity contribution < 1.29 is 9.90 Å². The molecule has 1 atom stereocenters. The number of ketones is 1. The first-order valence-corrected chi connectivity index (χ1v) is 7.40. The lowest BCUT2D eigenvalue weighted by atomic mass is 9.97. The minimum atomic E-state index is 0.184.